The average molecular weight is 1080 g/mol. The monoisotopic (exact) mass is 1080 g/mol. The normalized spacial score (nSPS) is 20.2. The van der Waals surface area contributed by atoms with Gasteiger partial charge in [-0.2, -0.15) is 0 Å². The number of phosphoric ester groups is 3. The number of nitrogens with zero attached hydrogens (tertiary/aromatic N) is 4. The number of hydrogen-bond acceptors (Lipinski definition) is 22. The first-order valence-corrected chi connectivity index (χ1v) is 28.1. The number of nitrogens with two attached hydrogens (primary N) is 1. The smallest absolute Gasteiger partial charge is 0.274 e. The molecule has 0 aliphatic carbocycles. The van der Waals surface area contributed by atoms with E-state index in [1.807, 2.05) is 12.2 Å². The molecule has 2 amide bonds. The molecule has 398 valence electrons. The number of fused-ring (bicyclic) bond motifs is 1. The minimum Gasteiger partial charge on any atom is -0.790 e. The van der Waals surface area contributed by atoms with Gasteiger partial charge in [0.2, 0.25) is 11.8 Å². The molecule has 1 aliphatic rings. The molecule has 3 rings (SSSR count). The molecule has 24 nitrogen and oxygen atoms in total. The summed E-state index contributed by atoms with van der Waals surface area (Å²) in [6.45, 7) is 2.30. The summed E-state index contributed by atoms with van der Waals surface area (Å²) >= 11 is 1.08. The van der Waals surface area contributed by atoms with E-state index in [-0.39, 0.29) is 41.6 Å². The van der Waals surface area contributed by atoms with Crippen molar-refractivity contribution in [1.82, 2.24) is 30.2 Å². The maximum Gasteiger partial charge on any atom is 0.274 e. The zero-order valence-electron chi connectivity index (χ0n) is 39.8. The number of anilines is 1. The summed E-state index contributed by atoms with van der Waals surface area (Å²) in [5, 5.41) is 26.4. The van der Waals surface area contributed by atoms with Gasteiger partial charge < -0.3 is 69.0 Å². The quantitative estimate of drug-likeness (QED) is 0.0382. The Balaban J connectivity index is 1.29. The van der Waals surface area contributed by atoms with Crippen molar-refractivity contribution >= 4 is 69.1 Å². The van der Waals surface area contributed by atoms with Crippen molar-refractivity contribution in [3.63, 3.8) is 0 Å². The molecule has 7 atom stereocenters. The van der Waals surface area contributed by atoms with Gasteiger partial charge in [-0.05, 0) is 44.9 Å². The molecule has 0 aromatic carbocycles. The summed E-state index contributed by atoms with van der Waals surface area (Å²) in [5.74, 6) is -1.22. The number of allylic oxidation sites excluding steroid dienone is 10. The Hall–Kier alpha value is -3.74. The van der Waals surface area contributed by atoms with Crippen LogP contribution < -0.4 is 35.9 Å². The van der Waals surface area contributed by atoms with Crippen molar-refractivity contribution in [3.05, 3.63) is 73.4 Å². The number of imidazole rings is 1. The molecule has 2 aromatic rings. The number of hydrogen-bond donors (Lipinski definition) is 5. The summed E-state index contributed by atoms with van der Waals surface area (Å²) in [5.41, 5.74) is 4.08. The van der Waals surface area contributed by atoms with Crippen LogP contribution in [0.5, 0.6) is 0 Å². The average Bonchev–Trinajstić information content (AvgIpc) is 3.86. The summed E-state index contributed by atoms with van der Waals surface area (Å²) in [4.78, 5) is 96.9. The summed E-state index contributed by atoms with van der Waals surface area (Å²) in [6.07, 6.45) is 23.0. The van der Waals surface area contributed by atoms with E-state index in [4.69, 9.17) is 10.5 Å². The minimum absolute atomic E-state index is 0.0221. The van der Waals surface area contributed by atoms with Gasteiger partial charge in [-0.1, -0.05) is 106 Å². The molecule has 0 bridgehead atoms. The van der Waals surface area contributed by atoms with Crippen LogP contribution in [0.2, 0.25) is 0 Å². The third-order valence-corrected chi connectivity index (χ3v) is 14.1. The molecule has 0 saturated carbocycles. The van der Waals surface area contributed by atoms with E-state index in [9.17, 15) is 57.9 Å². The maximum absolute atomic E-state index is 12.6. The summed E-state index contributed by atoms with van der Waals surface area (Å²) < 4.78 is 60.8. The van der Waals surface area contributed by atoms with Crippen LogP contribution >= 0.6 is 35.2 Å². The second-order valence-corrected chi connectivity index (χ2v) is 21.8. The molecule has 0 spiro atoms. The van der Waals surface area contributed by atoms with E-state index < -0.39 is 84.6 Å². The zero-order chi connectivity index (χ0) is 52.5. The fourth-order valence-corrected chi connectivity index (χ4v) is 9.81. The van der Waals surface area contributed by atoms with E-state index in [2.05, 4.69) is 99.0 Å². The number of carbonyl (C=O) groups is 3. The fraction of sp³-hybridized carbons (Fsp3) is 0.581. The van der Waals surface area contributed by atoms with Gasteiger partial charge in [0.25, 0.3) is 15.6 Å². The lowest BCUT2D eigenvalue weighted by molar-refractivity contribution is -0.347. The van der Waals surface area contributed by atoms with E-state index in [1.54, 1.807) is 0 Å². The molecule has 1 fully saturated rings. The Morgan fingerprint density at radius 2 is 1.48 bits per heavy atom. The molecule has 71 heavy (non-hydrogen) atoms. The number of nitrogens with one attached hydrogen (secondary N) is 2. The second-order valence-electron chi connectivity index (χ2n) is 16.5. The third-order valence-electron chi connectivity index (χ3n) is 10.2. The molecule has 2 unspecified atom stereocenters. The fourth-order valence-electron chi connectivity index (χ4n) is 6.38. The van der Waals surface area contributed by atoms with Crippen LogP contribution in [0.4, 0.5) is 5.82 Å². The van der Waals surface area contributed by atoms with Crippen LogP contribution in [-0.2, 0) is 50.7 Å². The van der Waals surface area contributed by atoms with Crippen LogP contribution in [0.1, 0.15) is 97.6 Å². The predicted molar refractivity (Wildman–Crippen MR) is 256 cm³/mol. The topological polar surface area (TPSA) is 375 Å². The Morgan fingerprint density at radius 1 is 0.873 bits per heavy atom. The van der Waals surface area contributed by atoms with E-state index in [1.165, 1.54) is 33.1 Å². The maximum atomic E-state index is 12.6. The number of aromatic nitrogens is 4. The van der Waals surface area contributed by atoms with Gasteiger partial charge in [-0.25, -0.2) is 19.3 Å². The molecule has 0 radical (unpaired) electrons. The number of phosphoric acid groups is 3. The number of rotatable bonds is 34. The summed E-state index contributed by atoms with van der Waals surface area (Å²) in [6, 6.07) is 0. The predicted octanol–water partition coefficient (Wildman–Crippen LogP) is 2.84. The molecule has 3 heterocycles. The first-order chi connectivity index (χ1) is 33.6. The minimum atomic E-state index is -5.93. The standard InChI is InChI=1S/C43H68N7O17P3S/c1-4-5-6-7-8-9-10-11-12-13-14-15-16-17-18-19-20-21-22-23-34(52)71-27-26-45-33(51)24-25-46-41(55)38(54)43(2,3)29-64-70(61,62)67-69(59,60)63-28-32-37(66-68(56,57)58)36(53)42(65-32)50-31-49-35-39(44)47-30-48-40(35)50/h8-9,11-12,14-15,17-18,20-21,30-32,36-38,42,53-54H,4-7,10,13,16,19,22-29H2,1-3H3,(H,45,51)(H,46,55)(H,59,60)(H,61,62)(H2,44,47,48)(H2,56,57,58)/p-4/b9-8-,12-11-,15-14-,18-17-,21-20-/t32-,36-,37-,38+,42-/m1/s1. The van der Waals surface area contributed by atoms with Gasteiger partial charge >= 0.3 is 0 Å². The number of thioether (sulfide) groups is 1. The van der Waals surface area contributed by atoms with Crippen molar-refractivity contribution < 1.29 is 80.5 Å². The van der Waals surface area contributed by atoms with Crippen LogP contribution in [0.15, 0.2) is 73.4 Å². The Bertz CT molecular complexity index is 2310. The number of nitrogen functional groups attached to an aromatic ring is 1. The zero-order valence-corrected chi connectivity index (χ0v) is 43.3. The van der Waals surface area contributed by atoms with Gasteiger partial charge in [-0.15, -0.1) is 0 Å². The van der Waals surface area contributed by atoms with E-state index in [0.29, 0.717) is 18.6 Å². The highest BCUT2D eigenvalue weighted by molar-refractivity contribution is 8.13. The molecule has 1 aliphatic heterocycles. The van der Waals surface area contributed by atoms with Crippen LogP contribution in [0.3, 0.4) is 0 Å². The molecule has 6 N–H and O–H groups in total. The number of ether oxygens (including phenoxy) is 1. The van der Waals surface area contributed by atoms with E-state index in [0.717, 1.165) is 61.1 Å². The van der Waals surface area contributed by atoms with Crippen molar-refractivity contribution in [3.8, 4) is 0 Å². The van der Waals surface area contributed by atoms with Crippen molar-refractivity contribution in [1.29, 1.82) is 0 Å². The van der Waals surface area contributed by atoms with Crippen LogP contribution in [0.25, 0.3) is 11.2 Å². The highest BCUT2D eigenvalue weighted by Crippen LogP contribution is 2.56. The molecular weight excluding hydrogens is 1010 g/mol. The number of unbranched alkanes of at least 4 members (excludes halogenated alkanes) is 3. The second kappa shape index (κ2) is 31.1. The molecule has 2 aromatic heterocycles. The van der Waals surface area contributed by atoms with Gasteiger partial charge in [-0.3, -0.25) is 28.1 Å². The first kappa shape index (κ1) is 61.6. The SMILES string of the molecule is CCCCC/C=C\C/C=C\C/C=C\C/C=C\C/C=C\CCC(=O)SCCNC(=O)CCNC(=O)[C@H](O)C(C)(C)COP(=O)([O-])OP(=O)([O-])OC[C@H]1O[C@@H](n2cnc3c(N)ncnc32)[C@H](O)[C@@H]1OP(=O)([O-])[O-]. The lowest BCUT2D eigenvalue weighted by atomic mass is 9.87. The van der Waals surface area contributed by atoms with Crippen LogP contribution in [0, 0.1) is 5.41 Å². The van der Waals surface area contributed by atoms with E-state index >= 15 is 0 Å². The van der Waals surface area contributed by atoms with Crippen molar-refractivity contribution in [2.45, 2.75) is 122 Å². The Morgan fingerprint density at radius 3 is 2.10 bits per heavy atom. The van der Waals surface area contributed by atoms with Gasteiger partial charge in [0.1, 0.15) is 36.3 Å². The number of amides is 2. The first-order valence-electron chi connectivity index (χ1n) is 22.8. The van der Waals surface area contributed by atoms with Gasteiger partial charge in [0.15, 0.2) is 22.8 Å². The Labute approximate surface area is 417 Å². The van der Waals surface area contributed by atoms with Crippen LogP contribution in [-0.4, -0.2) is 103 Å². The highest BCUT2D eigenvalue weighted by Gasteiger charge is 2.47. The highest BCUT2D eigenvalue weighted by atomic mass is 32.2. The lowest BCUT2D eigenvalue weighted by Gasteiger charge is -2.36. The Kier molecular flexibility index (Phi) is 27.0. The number of aliphatic hydroxyl groups is 2. The molecular formula is C43H64N7O17P3S-4. The lowest BCUT2D eigenvalue weighted by Crippen LogP contribution is -2.46. The van der Waals surface area contributed by atoms with Crippen molar-refractivity contribution in [2.24, 2.45) is 5.41 Å². The summed E-state index contributed by atoms with van der Waals surface area (Å²) in [7, 11) is -17.6. The number of aliphatic hydroxyl groups excluding tert-OH is 2. The molecule has 28 heteroatoms. The van der Waals surface area contributed by atoms with Gasteiger partial charge in [0, 0.05) is 37.1 Å². The van der Waals surface area contributed by atoms with Gasteiger partial charge in [0.05, 0.1) is 27.4 Å². The largest absolute Gasteiger partial charge is 0.790 e. The third kappa shape index (κ3) is 23.8. The number of carbonyl (C=O) groups excluding carboxylic acids is 3. The van der Waals surface area contributed by atoms with Crippen molar-refractivity contribution in [2.75, 3.05) is 37.8 Å². The molecule has 1 saturated heterocycles.